The van der Waals surface area contributed by atoms with Gasteiger partial charge in [0.25, 0.3) is 0 Å². The van der Waals surface area contributed by atoms with Crippen LogP contribution < -0.4 is 14.8 Å². The lowest BCUT2D eigenvalue weighted by molar-refractivity contribution is 0.0697. The van der Waals surface area contributed by atoms with E-state index in [1.807, 2.05) is 57.2 Å². The monoisotopic (exact) mass is 439 g/mol. The van der Waals surface area contributed by atoms with Crippen molar-refractivity contribution in [3.63, 3.8) is 0 Å². The minimum Gasteiger partial charge on any atom is -0.490 e. The van der Waals surface area contributed by atoms with Gasteiger partial charge in [0.05, 0.1) is 17.2 Å². The summed E-state index contributed by atoms with van der Waals surface area (Å²) >= 11 is 6.53. The van der Waals surface area contributed by atoms with Crippen molar-refractivity contribution in [2.45, 2.75) is 33.9 Å². The zero-order valence-corrected chi connectivity index (χ0v) is 18.6. The molecule has 0 aliphatic rings. The second kappa shape index (κ2) is 10.2. The summed E-state index contributed by atoms with van der Waals surface area (Å²) in [5, 5.41) is 12.9. The van der Waals surface area contributed by atoms with E-state index in [2.05, 4.69) is 5.32 Å². The predicted octanol–water partition coefficient (Wildman–Crippen LogP) is 6.24. The number of hydrogen-bond donors (Lipinski definition) is 2. The number of hydrogen-bond acceptors (Lipinski definition) is 4. The predicted molar refractivity (Wildman–Crippen MR) is 124 cm³/mol. The molecule has 6 heteroatoms. The van der Waals surface area contributed by atoms with Gasteiger partial charge >= 0.3 is 5.97 Å². The number of nitrogens with one attached hydrogen (secondary N) is 1. The summed E-state index contributed by atoms with van der Waals surface area (Å²) in [5.74, 6) is 0.177. The SMILES string of the molecule is CCOc1cc(CNc2ccc(C(=O)O)cc2C)cc(Cl)c1OCc1ccc(C)cc1. The van der Waals surface area contributed by atoms with Gasteiger partial charge in [0.2, 0.25) is 0 Å². The van der Waals surface area contributed by atoms with Crippen molar-refractivity contribution in [2.75, 3.05) is 11.9 Å². The Balaban J connectivity index is 1.74. The van der Waals surface area contributed by atoms with Gasteiger partial charge in [0.15, 0.2) is 11.5 Å². The average molecular weight is 440 g/mol. The zero-order valence-electron chi connectivity index (χ0n) is 17.9. The normalized spacial score (nSPS) is 10.6. The second-order valence-electron chi connectivity index (χ2n) is 7.30. The number of anilines is 1. The molecule has 0 bridgehead atoms. The lowest BCUT2D eigenvalue weighted by atomic mass is 10.1. The fourth-order valence-corrected chi connectivity index (χ4v) is 3.45. The average Bonchev–Trinajstić information content (AvgIpc) is 2.73. The molecule has 0 amide bonds. The summed E-state index contributed by atoms with van der Waals surface area (Å²) in [6, 6.07) is 16.9. The van der Waals surface area contributed by atoms with E-state index in [4.69, 9.17) is 26.2 Å². The summed E-state index contributed by atoms with van der Waals surface area (Å²) < 4.78 is 11.8. The third-order valence-corrected chi connectivity index (χ3v) is 5.11. The molecule has 3 aromatic carbocycles. The molecule has 0 aliphatic heterocycles. The lowest BCUT2D eigenvalue weighted by Crippen LogP contribution is -2.05. The maximum atomic E-state index is 11.1. The van der Waals surface area contributed by atoms with Crippen LogP contribution in [-0.2, 0) is 13.2 Å². The molecule has 0 fully saturated rings. The van der Waals surface area contributed by atoms with Crippen LogP contribution in [0.3, 0.4) is 0 Å². The number of rotatable bonds is 9. The van der Waals surface area contributed by atoms with Crippen molar-refractivity contribution >= 4 is 23.3 Å². The number of carboxylic acid groups (broad SMARTS) is 1. The van der Waals surface area contributed by atoms with E-state index in [1.54, 1.807) is 18.2 Å². The van der Waals surface area contributed by atoms with Crippen molar-refractivity contribution < 1.29 is 19.4 Å². The van der Waals surface area contributed by atoms with E-state index in [9.17, 15) is 4.79 Å². The number of carboxylic acids is 1. The van der Waals surface area contributed by atoms with Crippen LogP contribution in [0.5, 0.6) is 11.5 Å². The number of halogens is 1. The highest BCUT2D eigenvalue weighted by Gasteiger charge is 2.14. The Kier molecular flexibility index (Phi) is 7.42. The highest BCUT2D eigenvalue weighted by Crippen LogP contribution is 2.37. The van der Waals surface area contributed by atoms with Crippen molar-refractivity contribution in [1.82, 2.24) is 0 Å². The van der Waals surface area contributed by atoms with Crippen LogP contribution in [0, 0.1) is 13.8 Å². The molecule has 2 N–H and O–H groups in total. The molecule has 3 rings (SSSR count). The fourth-order valence-electron chi connectivity index (χ4n) is 3.16. The Morgan fingerprint density at radius 3 is 2.39 bits per heavy atom. The summed E-state index contributed by atoms with van der Waals surface area (Å²) in [7, 11) is 0. The van der Waals surface area contributed by atoms with Gasteiger partial charge in [-0.05, 0) is 67.8 Å². The molecule has 0 aliphatic carbocycles. The molecule has 0 unspecified atom stereocenters. The van der Waals surface area contributed by atoms with Crippen molar-refractivity contribution in [3.05, 3.63) is 87.4 Å². The maximum Gasteiger partial charge on any atom is 0.335 e. The van der Waals surface area contributed by atoms with Crippen LogP contribution in [0.1, 0.15) is 39.5 Å². The first-order valence-electron chi connectivity index (χ1n) is 10.1. The molecule has 0 aromatic heterocycles. The van der Waals surface area contributed by atoms with Crippen molar-refractivity contribution in [2.24, 2.45) is 0 Å². The number of aryl methyl sites for hydroxylation is 2. The quantitative estimate of drug-likeness (QED) is 0.412. The van der Waals surface area contributed by atoms with E-state index in [1.165, 1.54) is 5.56 Å². The third-order valence-electron chi connectivity index (χ3n) is 4.83. The molecular formula is C25H26ClNO4. The van der Waals surface area contributed by atoms with Gasteiger partial charge in [-0.2, -0.15) is 0 Å². The smallest absolute Gasteiger partial charge is 0.335 e. The third kappa shape index (κ3) is 5.92. The van der Waals surface area contributed by atoms with E-state index in [-0.39, 0.29) is 5.56 Å². The molecule has 3 aromatic rings. The van der Waals surface area contributed by atoms with Gasteiger partial charge in [-0.15, -0.1) is 0 Å². The number of carbonyl (C=O) groups is 1. The van der Waals surface area contributed by atoms with Crippen LogP contribution in [0.4, 0.5) is 5.69 Å². The van der Waals surface area contributed by atoms with Crippen LogP contribution in [0.15, 0.2) is 54.6 Å². The molecule has 0 saturated heterocycles. The minimum atomic E-state index is -0.941. The molecule has 162 valence electrons. The van der Waals surface area contributed by atoms with Gasteiger partial charge in [0, 0.05) is 12.2 Å². The van der Waals surface area contributed by atoms with Crippen LogP contribution in [0.25, 0.3) is 0 Å². The molecule has 0 atom stereocenters. The van der Waals surface area contributed by atoms with Gasteiger partial charge in [-0.25, -0.2) is 4.79 Å². The molecular weight excluding hydrogens is 414 g/mol. The molecule has 5 nitrogen and oxygen atoms in total. The first-order chi connectivity index (χ1) is 14.9. The van der Waals surface area contributed by atoms with Crippen LogP contribution >= 0.6 is 11.6 Å². The van der Waals surface area contributed by atoms with Crippen molar-refractivity contribution in [1.29, 1.82) is 0 Å². The summed E-state index contributed by atoms with van der Waals surface area (Å²) in [6.07, 6.45) is 0. The molecule has 0 heterocycles. The maximum absolute atomic E-state index is 11.1. The first kappa shape index (κ1) is 22.5. The molecule has 0 saturated carbocycles. The van der Waals surface area contributed by atoms with E-state index >= 15 is 0 Å². The van der Waals surface area contributed by atoms with Gasteiger partial charge in [-0.1, -0.05) is 41.4 Å². The highest BCUT2D eigenvalue weighted by atomic mass is 35.5. The summed E-state index contributed by atoms with van der Waals surface area (Å²) in [5.41, 5.74) is 5.15. The molecule has 0 spiro atoms. The minimum absolute atomic E-state index is 0.264. The zero-order chi connectivity index (χ0) is 22.4. The van der Waals surface area contributed by atoms with Gasteiger partial charge in [-0.3, -0.25) is 0 Å². The first-order valence-corrected chi connectivity index (χ1v) is 10.5. The van der Waals surface area contributed by atoms with Gasteiger partial charge < -0.3 is 19.9 Å². The highest BCUT2D eigenvalue weighted by molar-refractivity contribution is 6.32. The van der Waals surface area contributed by atoms with Crippen LogP contribution in [-0.4, -0.2) is 17.7 Å². The van der Waals surface area contributed by atoms with E-state index in [0.29, 0.717) is 36.3 Å². The number of aromatic carboxylic acids is 1. The number of benzene rings is 3. The van der Waals surface area contributed by atoms with Gasteiger partial charge in [0.1, 0.15) is 6.61 Å². The molecule has 31 heavy (non-hydrogen) atoms. The lowest BCUT2D eigenvalue weighted by Gasteiger charge is -2.16. The Labute approximate surface area is 187 Å². The summed E-state index contributed by atoms with van der Waals surface area (Å²) in [6.45, 7) is 7.22. The standard InChI is InChI=1S/C25H26ClNO4/c1-4-30-23-13-19(14-27-22-10-9-20(25(28)29)11-17(22)3)12-21(26)24(23)31-15-18-7-5-16(2)6-8-18/h5-13,27H,4,14-15H2,1-3H3,(H,28,29). The summed E-state index contributed by atoms with van der Waals surface area (Å²) in [4.78, 5) is 11.1. The second-order valence-corrected chi connectivity index (χ2v) is 7.71. The Hall–Kier alpha value is -3.18. The largest absolute Gasteiger partial charge is 0.490 e. The Morgan fingerprint density at radius 1 is 1.00 bits per heavy atom. The van der Waals surface area contributed by atoms with Crippen LogP contribution in [0.2, 0.25) is 5.02 Å². The Bertz CT molecular complexity index is 1060. The van der Waals surface area contributed by atoms with Crippen molar-refractivity contribution in [3.8, 4) is 11.5 Å². The number of ether oxygens (including phenoxy) is 2. The Morgan fingerprint density at radius 2 is 1.74 bits per heavy atom. The fraction of sp³-hybridized carbons (Fsp3) is 0.240. The molecule has 0 radical (unpaired) electrons. The van der Waals surface area contributed by atoms with E-state index in [0.717, 1.165) is 22.4 Å². The topological polar surface area (TPSA) is 67.8 Å². The van der Waals surface area contributed by atoms with E-state index < -0.39 is 5.97 Å².